The van der Waals surface area contributed by atoms with Crippen LogP contribution < -0.4 is 5.32 Å². The van der Waals surface area contributed by atoms with Gasteiger partial charge in [-0.3, -0.25) is 4.99 Å². The third kappa shape index (κ3) is 6.72. The predicted octanol–water partition coefficient (Wildman–Crippen LogP) is 4.97. The van der Waals surface area contributed by atoms with Crippen LogP contribution in [0.2, 0.25) is 0 Å². The predicted molar refractivity (Wildman–Crippen MR) is 134 cm³/mol. The largest absolute Gasteiger partial charge is 0.373 e. The first kappa shape index (κ1) is 24.2. The smallest absolute Gasteiger partial charge is 0.194 e. The lowest BCUT2D eigenvalue weighted by molar-refractivity contribution is -0.0250. The average molecular weight is 575 g/mol. The molecule has 7 heteroatoms. The van der Waals surface area contributed by atoms with E-state index < -0.39 is 0 Å². The van der Waals surface area contributed by atoms with Gasteiger partial charge >= 0.3 is 0 Å². The van der Waals surface area contributed by atoms with Gasteiger partial charge in [0.2, 0.25) is 0 Å². The summed E-state index contributed by atoms with van der Waals surface area (Å²) >= 11 is 3.55. The van der Waals surface area contributed by atoms with Crippen molar-refractivity contribution in [2.24, 2.45) is 18.0 Å². The van der Waals surface area contributed by atoms with Gasteiger partial charge in [-0.05, 0) is 47.3 Å². The van der Waals surface area contributed by atoms with Crippen LogP contribution in [0.3, 0.4) is 0 Å². The summed E-state index contributed by atoms with van der Waals surface area (Å²) in [6.45, 7) is 5.37. The second-order valence-electron chi connectivity index (χ2n) is 7.42. The van der Waals surface area contributed by atoms with Crippen molar-refractivity contribution in [3.8, 4) is 0 Å². The van der Waals surface area contributed by atoms with Gasteiger partial charge in [0, 0.05) is 56.1 Å². The average Bonchev–Trinajstić information content (AvgIpc) is 3.02. The number of aryl methyl sites for hydroxylation is 1. The topological polar surface area (TPSA) is 41.8 Å². The Balaban J connectivity index is 0.00000300. The standard InChI is InChI=1S/C22H31BrN4O.HI/c1-4-24-22(27(3)16-20-13-19(23)15-26(20)2)25-14-18-11-8-12-28-21(18)17-9-6-5-7-10-17;/h5-7,9-10,13,15,18,21H,4,8,11-12,14,16H2,1-3H3,(H,24,25);1H. The molecule has 29 heavy (non-hydrogen) atoms. The van der Waals surface area contributed by atoms with Crippen molar-refractivity contribution >= 4 is 45.9 Å². The van der Waals surface area contributed by atoms with E-state index >= 15 is 0 Å². The minimum atomic E-state index is 0. The Kier molecular flexibility index (Phi) is 9.98. The molecule has 1 aromatic heterocycles. The van der Waals surface area contributed by atoms with Crippen molar-refractivity contribution in [3.05, 3.63) is 58.3 Å². The fourth-order valence-electron chi connectivity index (χ4n) is 3.76. The molecule has 0 saturated carbocycles. The highest BCUT2D eigenvalue weighted by Crippen LogP contribution is 2.33. The number of guanidine groups is 1. The number of aromatic nitrogens is 1. The molecule has 1 aliphatic heterocycles. The molecule has 1 fully saturated rings. The van der Waals surface area contributed by atoms with Crippen LogP contribution in [0, 0.1) is 5.92 Å². The lowest BCUT2D eigenvalue weighted by Gasteiger charge is -2.32. The Morgan fingerprint density at radius 3 is 2.76 bits per heavy atom. The number of aliphatic imine (C=N–C) groups is 1. The van der Waals surface area contributed by atoms with Crippen LogP contribution in [-0.2, 0) is 18.3 Å². The molecule has 160 valence electrons. The van der Waals surface area contributed by atoms with E-state index in [4.69, 9.17) is 9.73 Å². The van der Waals surface area contributed by atoms with E-state index in [0.29, 0.717) is 5.92 Å². The first-order valence-electron chi connectivity index (χ1n) is 10.0. The number of nitrogens with one attached hydrogen (secondary N) is 1. The zero-order valence-corrected chi connectivity index (χ0v) is 21.4. The van der Waals surface area contributed by atoms with Crippen molar-refractivity contribution in [2.75, 3.05) is 26.7 Å². The van der Waals surface area contributed by atoms with Crippen LogP contribution in [0.25, 0.3) is 0 Å². The Hall–Kier alpha value is -1.06. The zero-order valence-electron chi connectivity index (χ0n) is 17.5. The Morgan fingerprint density at radius 1 is 1.34 bits per heavy atom. The van der Waals surface area contributed by atoms with E-state index in [1.807, 2.05) is 0 Å². The van der Waals surface area contributed by atoms with Gasteiger partial charge in [0.15, 0.2) is 5.96 Å². The van der Waals surface area contributed by atoms with Gasteiger partial charge < -0.3 is 19.5 Å². The molecule has 0 amide bonds. The lowest BCUT2D eigenvalue weighted by atomic mass is 9.89. The molecular weight excluding hydrogens is 543 g/mol. The van der Waals surface area contributed by atoms with E-state index in [-0.39, 0.29) is 30.1 Å². The minimum Gasteiger partial charge on any atom is -0.373 e. The van der Waals surface area contributed by atoms with Crippen LogP contribution in [-0.4, -0.2) is 42.2 Å². The van der Waals surface area contributed by atoms with Crippen LogP contribution in [0.1, 0.15) is 37.1 Å². The van der Waals surface area contributed by atoms with Crippen molar-refractivity contribution in [3.63, 3.8) is 0 Å². The number of rotatable bonds is 6. The van der Waals surface area contributed by atoms with Crippen LogP contribution in [0.4, 0.5) is 0 Å². The third-order valence-corrected chi connectivity index (χ3v) is 5.65. The Morgan fingerprint density at radius 2 is 2.10 bits per heavy atom. The third-order valence-electron chi connectivity index (χ3n) is 5.22. The highest BCUT2D eigenvalue weighted by molar-refractivity contribution is 14.0. The summed E-state index contributed by atoms with van der Waals surface area (Å²) in [7, 11) is 4.16. The Labute approximate surface area is 200 Å². The maximum Gasteiger partial charge on any atom is 0.194 e. The first-order valence-corrected chi connectivity index (χ1v) is 10.8. The lowest BCUT2D eigenvalue weighted by Crippen LogP contribution is -2.39. The van der Waals surface area contributed by atoms with E-state index in [1.165, 1.54) is 11.3 Å². The van der Waals surface area contributed by atoms with Gasteiger partial charge in [-0.25, -0.2) is 0 Å². The van der Waals surface area contributed by atoms with E-state index in [2.05, 4.69) is 94.3 Å². The van der Waals surface area contributed by atoms with E-state index in [1.54, 1.807) is 0 Å². The molecule has 1 aromatic carbocycles. The molecule has 0 radical (unpaired) electrons. The molecule has 1 aliphatic rings. The highest BCUT2D eigenvalue weighted by Gasteiger charge is 2.27. The number of ether oxygens (including phenoxy) is 1. The molecule has 5 nitrogen and oxygen atoms in total. The maximum atomic E-state index is 6.13. The number of nitrogens with zero attached hydrogens (tertiary/aromatic N) is 3. The Bertz CT molecular complexity index is 780. The molecule has 2 unspecified atom stereocenters. The molecule has 3 rings (SSSR count). The monoisotopic (exact) mass is 574 g/mol. The van der Waals surface area contributed by atoms with E-state index in [9.17, 15) is 0 Å². The van der Waals surface area contributed by atoms with Crippen LogP contribution >= 0.6 is 39.9 Å². The SMILES string of the molecule is CCNC(=NCC1CCCOC1c1ccccc1)N(C)Cc1cc(Br)cn1C.I. The number of hydrogen-bond acceptors (Lipinski definition) is 2. The molecule has 2 aromatic rings. The molecule has 0 aliphatic carbocycles. The first-order chi connectivity index (χ1) is 13.6. The summed E-state index contributed by atoms with van der Waals surface area (Å²) in [5.74, 6) is 1.35. The fourth-order valence-corrected chi connectivity index (χ4v) is 4.33. The second-order valence-corrected chi connectivity index (χ2v) is 8.33. The molecule has 2 atom stereocenters. The molecule has 1 N–H and O–H groups in total. The van der Waals surface area contributed by atoms with Crippen molar-refractivity contribution in [1.29, 1.82) is 0 Å². The highest BCUT2D eigenvalue weighted by atomic mass is 127. The molecule has 0 spiro atoms. The summed E-state index contributed by atoms with van der Waals surface area (Å²) < 4.78 is 9.38. The van der Waals surface area contributed by atoms with Crippen LogP contribution in [0.15, 0.2) is 52.1 Å². The van der Waals surface area contributed by atoms with Crippen molar-refractivity contribution in [1.82, 2.24) is 14.8 Å². The summed E-state index contributed by atoms with van der Waals surface area (Å²) in [5, 5.41) is 3.44. The fraction of sp³-hybridized carbons (Fsp3) is 0.500. The van der Waals surface area contributed by atoms with Gasteiger partial charge in [0.1, 0.15) is 0 Å². The van der Waals surface area contributed by atoms with Gasteiger partial charge in [0.25, 0.3) is 0 Å². The van der Waals surface area contributed by atoms with Gasteiger partial charge in [0.05, 0.1) is 12.6 Å². The summed E-state index contributed by atoms with van der Waals surface area (Å²) in [6.07, 6.45) is 4.47. The summed E-state index contributed by atoms with van der Waals surface area (Å²) in [5.41, 5.74) is 2.50. The quantitative estimate of drug-likeness (QED) is 0.301. The van der Waals surface area contributed by atoms with Gasteiger partial charge in [-0.2, -0.15) is 0 Å². The summed E-state index contributed by atoms with van der Waals surface area (Å²) in [6, 6.07) is 12.7. The number of benzene rings is 1. The van der Waals surface area contributed by atoms with Crippen molar-refractivity contribution in [2.45, 2.75) is 32.4 Å². The van der Waals surface area contributed by atoms with Gasteiger partial charge in [-0.1, -0.05) is 30.3 Å². The maximum absolute atomic E-state index is 6.13. The molecule has 0 bridgehead atoms. The minimum absolute atomic E-state index is 0. The normalized spacial score (nSPS) is 19.5. The number of hydrogen-bond donors (Lipinski definition) is 1. The van der Waals surface area contributed by atoms with E-state index in [0.717, 1.165) is 49.5 Å². The summed E-state index contributed by atoms with van der Waals surface area (Å²) in [4.78, 5) is 7.16. The molecular formula is C22H32BrIN4O. The van der Waals surface area contributed by atoms with Crippen LogP contribution in [0.5, 0.6) is 0 Å². The second kappa shape index (κ2) is 12.0. The number of halogens is 2. The molecule has 1 saturated heterocycles. The van der Waals surface area contributed by atoms with Crippen molar-refractivity contribution < 1.29 is 4.74 Å². The molecule has 2 heterocycles. The zero-order chi connectivity index (χ0) is 19.9. The van der Waals surface area contributed by atoms with Gasteiger partial charge in [-0.15, -0.1) is 24.0 Å².